The number of rotatable bonds is 5. The van der Waals surface area contributed by atoms with E-state index in [0.29, 0.717) is 18.3 Å². The fraction of sp³-hybridized carbons (Fsp3) is 0.579. The second-order valence-corrected chi connectivity index (χ2v) is 7.16. The van der Waals surface area contributed by atoms with Crippen molar-refractivity contribution in [2.75, 3.05) is 44.7 Å². The lowest BCUT2D eigenvalue weighted by Gasteiger charge is -2.35. The maximum absolute atomic E-state index is 11.7. The number of hydrogen-bond acceptors (Lipinski definition) is 5. The molecule has 1 aromatic carbocycles. The standard InChI is InChI=1S/C19H26N4O2/c1-3-25-19(24)12-18-20-15-10-14(13-4-5-13)17(11-16(15)21-18)23-8-6-22(2)7-9-23/h10-11,13H,3-9,12H2,1-2H3,(H,20,21). The molecule has 0 spiro atoms. The van der Waals surface area contributed by atoms with Crippen LogP contribution in [0.15, 0.2) is 12.1 Å². The Morgan fingerprint density at radius 3 is 2.72 bits per heavy atom. The topological polar surface area (TPSA) is 61.5 Å². The zero-order chi connectivity index (χ0) is 17.4. The molecule has 6 nitrogen and oxygen atoms in total. The Hall–Kier alpha value is -2.08. The Bertz CT molecular complexity index is 773. The molecular weight excluding hydrogens is 316 g/mol. The van der Waals surface area contributed by atoms with Gasteiger partial charge in [-0.3, -0.25) is 4.79 Å². The van der Waals surface area contributed by atoms with Crippen molar-refractivity contribution >= 4 is 22.7 Å². The van der Waals surface area contributed by atoms with Crippen LogP contribution < -0.4 is 4.90 Å². The molecular formula is C19H26N4O2. The Morgan fingerprint density at radius 2 is 2.04 bits per heavy atom. The number of anilines is 1. The van der Waals surface area contributed by atoms with E-state index >= 15 is 0 Å². The number of aromatic amines is 1. The van der Waals surface area contributed by atoms with Gasteiger partial charge in [0.2, 0.25) is 0 Å². The summed E-state index contributed by atoms with van der Waals surface area (Å²) in [4.78, 5) is 24.5. The quantitative estimate of drug-likeness (QED) is 0.845. The Kier molecular flexibility index (Phi) is 4.37. The summed E-state index contributed by atoms with van der Waals surface area (Å²) in [5.41, 5.74) is 4.73. The average molecular weight is 342 g/mol. The molecule has 1 N–H and O–H groups in total. The summed E-state index contributed by atoms with van der Waals surface area (Å²) in [5, 5.41) is 0. The third-order valence-corrected chi connectivity index (χ3v) is 5.16. The van der Waals surface area contributed by atoms with Crippen molar-refractivity contribution in [2.45, 2.75) is 32.1 Å². The van der Waals surface area contributed by atoms with Gasteiger partial charge in [-0.15, -0.1) is 0 Å². The molecule has 1 saturated carbocycles. The van der Waals surface area contributed by atoms with Crippen LogP contribution in [0.1, 0.15) is 37.1 Å². The average Bonchev–Trinajstić information content (AvgIpc) is 3.35. The second kappa shape index (κ2) is 6.67. The van der Waals surface area contributed by atoms with Crippen molar-refractivity contribution in [3.05, 3.63) is 23.5 Å². The second-order valence-electron chi connectivity index (χ2n) is 7.16. The van der Waals surface area contributed by atoms with Crippen LogP contribution in [0.25, 0.3) is 11.0 Å². The predicted octanol–water partition coefficient (Wildman–Crippen LogP) is 2.30. The number of fused-ring (bicyclic) bond motifs is 1. The van der Waals surface area contributed by atoms with Gasteiger partial charge in [0.15, 0.2) is 0 Å². The first-order chi connectivity index (χ1) is 12.1. The summed E-state index contributed by atoms with van der Waals surface area (Å²) in [6, 6.07) is 4.46. The van der Waals surface area contributed by atoms with Gasteiger partial charge in [-0.2, -0.15) is 0 Å². The molecule has 6 heteroatoms. The van der Waals surface area contributed by atoms with Gasteiger partial charge in [0.1, 0.15) is 12.2 Å². The minimum absolute atomic E-state index is 0.200. The number of H-pyrrole nitrogens is 1. The number of carbonyl (C=O) groups excluding carboxylic acids is 1. The molecule has 2 aliphatic rings. The number of likely N-dealkylation sites (N-methyl/N-ethyl adjacent to an activating group) is 1. The fourth-order valence-corrected chi connectivity index (χ4v) is 3.59. The van der Waals surface area contributed by atoms with Crippen molar-refractivity contribution in [2.24, 2.45) is 0 Å². The smallest absolute Gasteiger partial charge is 0.313 e. The summed E-state index contributed by atoms with van der Waals surface area (Å²) in [7, 11) is 2.18. The van der Waals surface area contributed by atoms with Crippen LogP contribution in [-0.4, -0.2) is 60.7 Å². The number of ether oxygens (including phenoxy) is 1. The summed E-state index contributed by atoms with van der Waals surface area (Å²) >= 11 is 0. The summed E-state index contributed by atoms with van der Waals surface area (Å²) in [6.07, 6.45) is 2.74. The SMILES string of the molecule is CCOC(=O)Cc1nc2cc(C3CC3)c(N3CCN(C)CC3)cc2[nH]1. The molecule has 25 heavy (non-hydrogen) atoms. The minimum Gasteiger partial charge on any atom is -0.466 e. The van der Waals surface area contributed by atoms with E-state index in [2.05, 4.69) is 38.9 Å². The van der Waals surface area contributed by atoms with E-state index in [9.17, 15) is 4.79 Å². The molecule has 2 heterocycles. The molecule has 1 aliphatic carbocycles. The third-order valence-electron chi connectivity index (χ3n) is 5.16. The first-order valence-electron chi connectivity index (χ1n) is 9.25. The zero-order valence-electron chi connectivity index (χ0n) is 15.0. The number of hydrogen-bond donors (Lipinski definition) is 1. The lowest BCUT2D eigenvalue weighted by molar-refractivity contribution is -0.142. The van der Waals surface area contributed by atoms with Gasteiger partial charge < -0.3 is 19.5 Å². The number of carbonyl (C=O) groups is 1. The number of nitrogens with zero attached hydrogens (tertiary/aromatic N) is 3. The number of esters is 1. The third kappa shape index (κ3) is 3.49. The van der Waals surface area contributed by atoms with Gasteiger partial charge in [0.25, 0.3) is 0 Å². The van der Waals surface area contributed by atoms with Crippen LogP contribution in [0.2, 0.25) is 0 Å². The van der Waals surface area contributed by atoms with Gasteiger partial charge in [0.05, 0.1) is 17.6 Å². The first-order valence-corrected chi connectivity index (χ1v) is 9.25. The van der Waals surface area contributed by atoms with Crippen LogP contribution in [0.4, 0.5) is 5.69 Å². The van der Waals surface area contributed by atoms with E-state index < -0.39 is 0 Å². The van der Waals surface area contributed by atoms with Crippen LogP contribution in [0.3, 0.4) is 0 Å². The van der Waals surface area contributed by atoms with Gasteiger partial charge in [-0.05, 0) is 50.4 Å². The summed E-state index contributed by atoms with van der Waals surface area (Å²) < 4.78 is 5.03. The molecule has 0 radical (unpaired) electrons. The molecule has 1 aliphatic heterocycles. The highest BCUT2D eigenvalue weighted by atomic mass is 16.5. The minimum atomic E-state index is -0.233. The zero-order valence-corrected chi connectivity index (χ0v) is 15.0. The number of nitrogens with one attached hydrogen (secondary N) is 1. The van der Waals surface area contributed by atoms with Crippen molar-refractivity contribution in [1.82, 2.24) is 14.9 Å². The van der Waals surface area contributed by atoms with Crippen LogP contribution in [0.5, 0.6) is 0 Å². The molecule has 134 valence electrons. The first kappa shape index (κ1) is 16.4. The fourth-order valence-electron chi connectivity index (χ4n) is 3.59. The maximum Gasteiger partial charge on any atom is 0.313 e. The molecule has 2 aromatic rings. The molecule has 0 unspecified atom stereocenters. The Balaban J connectivity index is 1.65. The summed E-state index contributed by atoms with van der Waals surface area (Å²) in [5.74, 6) is 1.12. The van der Waals surface area contributed by atoms with Crippen molar-refractivity contribution in [3.63, 3.8) is 0 Å². The van der Waals surface area contributed by atoms with E-state index in [4.69, 9.17) is 4.74 Å². The normalized spacial score (nSPS) is 18.7. The van der Waals surface area contributed by atoms with Crippen molar-refractivity contribution < 1.29 is 9.53 Å². The summed E-state index contributed by atoms with van der Waals surface area (Å²) in [6.45, 7) is 6.54. The lowest BCUT2D eigenvalue weighted by Crippen LogP contribution is -2.44. The van der Waals surface area contributed by atoms with Crippen molar-refractivity contribution in [1.29, 1.82) is 0 Å². The monoisotopic (exact) mass is 342 g/mol. The van der Waals surface area contributed by atoms with Crippen LogP contribution >= 0.6 is 0 Å². The number of imidazole rings is 1. The van der Waals surface area contributed by atoms with Gasteiger partial charge in [0, 0.05) is 31.9 Å². The van der Waals surface area contributed by atoms with E-state index in [0.717, 1.165) is 37.2 Å². The van der Waals surface area contributed by atoms with E-state index in [1.807, 2.05) is 6.92 Å². The highest BCUT2D eigenvalue weighted by molar-refractivity contribution is 5.83. The van der Waals surface area contributed by atoms with Crippen molar-refractivity contribution in [3.8, 4) is 0 Å². The molecule has 0 bridgehead atoms. The molecule has 4 rings (SSSR count). The maximum atomic E-state index is 11.7. The number of piperazine rings is 1. The van der Waals surface area contributed by atoms with Gasteiger partial charge >= 0.3 is 5.97 Å². The predicted molar refractivity (Wildman–Crippen MR) is 98.1 cm³/mol. The van der Waals surface area contributed by atoms with Crippen LogP contribution in [0, 0.1) is 0 Å². The Labute approximate surface area is 148 Å². The van der Waals surface area contributed by atoms with Gasteiger partial charge in [-0.1, -0.05) is 0 Å². The molecule has 1 saturated heterocycles. The van der Waals surface area contributed by atoms with Crippen LogP contribution in [-0.2, 0) is 16.0 Å². The van der Waals surface area contributed by atoms with E-state index in [1.54, 1.807) is 0 Å². The largest absolute Gasteiger partial charge is 0.466 e. The molecule has 0 amide bonds. The number of benzene rings is 1. The number of aromatic nitrogens is 2. The highest BCUT2D eigenvalue weighted by Crippen LogP contribution is 2.45. The Morgan fingerprint density at radius 1 is 1.28 bits per heavy atom. The molecule has 1 aromatic heterocycles. The lowest BCUT2D eigenvalue weighted by atomic mass is 10.1. The highest BCUT2D eigenvalue weighted by Gasteiger charge is 2.29. The van der Waals surface area contributed by atoms with E-state index in [1.165, 1.54) is 24.1 Å². The van der Waals surface area contributed by atoms with Gasteiger partial charge in [-0.25, -0.2) is 4.98 Å². The molecule has 0 atom stereocenters. The van der Waals surface area contributed by atoms with E-state index in [-0.39, 0.29) is 12.4 Å². The molecule has 2 fully saturated rings.